The molecule has 0 unspecified atom stereocenters. The molecule has 1 spiro atoms. The van der Waals surface area contributed by atoms with Crippen molar-refractivity contribution in [1.29, 1.82) is 0 Å². The summed E-state index contributed by atoms with van der Waals surface area (Å²) in [5.41, 5.74) is 2.44. The number of anilines is 2. The second-order valence-corrected chi connectivity index (χ2v) is 9.87. The molecule has 0 amide bonds. The minimum atomic E-state index is -0.0412. The number of nitrogens with zero attached hydrogens (tertiary/aromatic N) is 4. The molecule has 3 aliphatic rings. The van der Waals surface area contributed by atoms with Crippen LogP contribution in [-0.4, -0.2) is 74.0 Å². The second kappa shape index (κ2) is 10.3. The summed E-state index contributed by atoms with van der Waals surface area (Å²) in [7, 11) is 0. The monoisotopic (exact) mass is 450 g/mol. The summed E-state index contributed by atoms with van der Waals surface area (Å²) in [6.07, 6.45) is 9.68. The lowest BCUT2D eigenvalue weighted by Crippen LogP contribution is -2.57. The normalized spacial score (nSPS) is 23.2. The lowest BCUT2D eigenvalue weighted by Gasteiger charge is -2.48. The van der Waals surface area contributed by atoms with E-state index in [1.54, 1.807) is 0 Å². The Hall–Kier alpha value is -2.31. The van der Waals surface area contributed by atoms with Crippen LogP contribution in [0, 0.1) is 0 Å². The molecule has 3 fully saturated rings. The highest BCUT2D eigenvalue weighted by molar-refractivity contribution is 5.50. The largest absolute Gasteiger partial charge is 0.494 e. The van der Waals surface area contributed by atoms with Crippen LogP contribution in [0.15, 0.2) is 48.8 Å². The molecular weight excluding hydrogens is 412 g/mol. The van der Waals surface area contributed by atoms with E-state index in [9.17, 15) is 0 Å². The molecule has 0 radical (unpaired) electrons. The molecule has 1 aromatic carbocycles. The zero-order valence-electron chi connectivity index (χ0n) is 20.0. The zero-order chi connectivity index (χ0) is 22.5. The van der Waals surface area contributed by atoms with Crippen LogP contribution in [0.4, 0.5) is 11.4 Å². The molecule has 0 saturated carbocycles. The maximum Gasteiger partial charge on any atom is 0.119 e. The minimum Gasteiger partial charge on any atom is -0.494 e. The molecule has 6 nitrogen and oxygen atoms in total. The number of ether oxygens (including phenoxy) is 2. The van der Waals surface area contributed by atoms with Crippen LogP contribution >= 0.6 is 0 Å². The minimum absolute atomic E-state index is 0.0412. The SMILES string of the molecule is C[C@H]1CCCN1CCCOc1ccc(N2CCC3(CC2)CN(c2cccnc2)CCO3)cc1. The molecule has 0 N–H and O–H groups in total. The molecule has 1 atom stereocenters. The molecule has 5 rings (SSSR count). The summed E-state index contributed by atoms with van der Waals surface area (Å²) in [5, 5.41) is 0. The Bertz CT molecular complexity index is 867. The van der Waals surface area contributed by atoms with Crippen molar-refractivity contribution in [2.45, 2.75) is 50.7 Å². The number of likely N-dealkylation sites (tertiary alicyclic amines) is 1. The van der Waals surface area contributed by atoms with E-state index >= 15 is 0 Å². The van der Waals surface area contributed by atoms with E-state index in [0.29, 0.717) is 0 Å². The molecule has 0 aliphatic carbocycles. The summed E-state index contributed by atoms with van der Waals surface area (Å²) in [6.45, 7) is 10.3. The Morgan fingerprint density at radius 3 is 2.61 bits per heavy atom. The van der Waals surface area contributed by atoms with E-state index in [4.69, 9.17) is 9.47 Å². The Balaban J connectivity index is 1.08. The van der Waals surface area contributed by atoms with Gasteiger partial charge in [-0.3, -0.25) is 4.98 Å². The predicted molar refractivity (Wildman–Crippen MR) is 133 cm³/mol. The van der Waals surface area contributed by atoms with Crippen molar-refractivity contribution in [3.05, 3.63) is 48.8 Å². The first-order valence-corrected chi connectivity index (χ1v) is 12.7. The lowest BCUT2D eigenvalue weighted by molar-refractivity contribution is -0.0704. The van der Waals surface area contributed by atoms with Gasteiger partial charge < -0.3 is 24.2 Å². The topological polar surface area (TPSA) is 41.1 Å². The van der Waals surface area contributed by atoms with Crippen LogP contribution in [0.3, 0.4) is 0 Å². The number of hydrogen-bond acceptors (Lipinski definition) is 6. The van der Waals surface area contributed by atoms with Crippen molar-refractivity contribution in [2.75, 3.05) is 62.3 Å². The summed E-state index contributed by atoms with van der Waals surface area (Å²) < 4.78 is 12.4. The van der Waals surface area contributed by atoms with Crippen molar-refractivity contribution in [3.8, 4) is 5.75 Å². The molecular formula is C27H38N4O2. The number of morpholine rings is 1. The van der Waals surface area contributed by atoms with Gasteiger partial charge in [0.1, 0.15) is 5.75 Å². The van der Waals surface area contributed by atoms with Crippen molar-refractivity contribution >= 4 is 11.4 Å². The highest BCUT2D eigenvalue weighted by atomic mass is 16.5. The van der Waals surface area contributed by atoms with E-state index in [1.165, 1.54) is 30.8 Å². The van der Waals surface area contributed by atoms with Gasteiger partial charge in [-0.25, -0.2) is 0 Å². The average molecular weight is 451 g/mol. The molecule has 2 aromatic rings. The second-order valence-electron chi connectivity index (χ2n) is 9.87. The fourth-order valence-corrected chi connectivity index (χ4v) is 5.62. The molecule has 33 heavy (non-hydrogen) atoms. The lowest BCUT2D eigenvalue weighted by atomic mass is 9.89. The Morgan fingerprint density at radius 2 is 1.88 bits per heavy atom. The quantitative estimate of drug-likeness (QED) is 0.589. The number of hydrogen-bond donors (Lipinski definition) is 0. The standard InChI is InChI=1S/C27H38N4O2/c1-23-5-3-14-29(23)15-4-19-32-26-9-7-24(8-10-26)30-16-11-27(12-17-30)22-31(18-20-33-27)25-6-2-13-28-21-25/h2,6-10,13,21,23H,3-5,11-12,14-20,22H2,1H3/t23-/m0/s1. The molecule has 1 aromatic heterocycles. The molecule has 4 heterocycles. The van der Waals surface area contributed by atoms with Crippen LogP contribution in [0.25, 0.3) is 0 Å². The fourth-order valence-electron chi connectivity index (χ4n) is 5.62. The average Bonchev–Trinajstić information content (AvgIpc) is 3.28. The van der Waals surface area contributed by atoms with Crippen molar-refractivity contribution in [3.63, 3.8) is 0 Å². The Labute approximate surface area is 198 Å². The number of aromatic nitrogens is 1. The van der Waals surface area contributed by atoms with E-state index in [2.05, 4.69) is 56.9 Å². The predicted octanol–water partition coefficient (Wildman–Crippen LogP) is 4.21. The Morgan fingerprint density at radius 1 is 1.03 bits per heavy atom. The number of piperidine rings is 1. The molecule has 0 bridgehead atoms. The first-order chi connectivity index (χ1) is 16.2. The van der Waals surface area contributed by atoms with Crippen molar-refractivity contribution in [1.82, 2.24) is 9.88 Å². The van der Waals surface area contributed by atoms with E-state index in [0.717, 1.165) is 77.0 Å². The van der Waals surface area contributed by atoms with Crippen LogP contribution in [0.5, 0.6) is 5.75 Å². The number of benzene rings is 1. The van der Waals surface area contributed by atoms with E-state index in [-0.39, 0.29) is 5.60 Å². The maximum atomic E-state index is 6.35. The van der Waals surface area contributed by atoms with Gasteiger partial charge in [0.15, 0.2) is 0 Å². The van der Waals surface area contributed by atoms with Crippen molar-refractivity contribution in [2.24, 2.45) is 0 Å². The van der Waals surface area contributed by atoms with E-state index in [1.807, 2.05) is 18.5 Å². The highest BCUT2D eigenvalue weighted by Gasteiger charge is 2.40. The van der Waals surface area contributed by atoms with E-state index < -0.39 is 0 Å². The molecule has 178 valence electrons. The van der Waals surface area contributed by atoms with Gasteiger partial charge in [-0.1, -0.05) is 0 Å². The van der Waals surface area contributed by atoms with Gasteiger partial charge in [0.05, 0.1) is 30.7 Å². The zero-order valence-corrected chi connectivity index (χ0v) is 20.0. The first-order valence-electron chi connectivity index (χ1n) is 12.7. The van der Waals surface area contributed by atoms with Crippen LogP contribution in [0.2, 0.25) is 0 Å². The third-order valence-electron chi connectivity index (χ3n) is 7.69. The molecule has 3 aliphatic heterocycles. The van der Waals surface area contributed by atoms with Gasteiger partial charge in [-0.05, 0) is 82.0 Å². The maximum absolute atomic E-state index is 6.35. The van der Waals surface area contributed by atoms with Gasteiger partial charge in [0.25, 0.3) is 0 Å². The third-order valence-corrected chi connectivity index (χ3v) is 7.69. The van der Waals surface area contributed by atoms with Gasteiger partial charge in [-0.15, -0.1) is 0 Å². The van der Waals surface area contributed by atoms with Crippen LogP contribution in [-0.2, 0) is 4.74 Å². The van der Waals surface area contributed by atoms with Gasteiger partial charge in [0, 0.05) is 50.6 Å². The molecule has 3 saturated heterocycles. The van der Waals surface area contributed by atoms with Gasteiger partial charge in [0.2, 0.25) is 0 Å². The summed E-state index contributed by atoms with van der Waals surface area (Å²) in [4.78, 5) is 11.8. The summed E-state index contributed by atoms with van der Waals surface area (Å²) in [5.74, 6) is 0.976. The first kappa shape index (κ1) is 22.5. The van der Waals surface area contributed by atoms with Crippen LogP contribution in [0.1, 0.15) is 39.0 Å². The number of pyridine rings is 1. The smallest absolute Gasteiger partial charge is 0.119 e. The summed E-state index contributed by atoms with van der Waals surface area (Å²) in [6, 6.07) is 13.6. The van der Waals surface area contributed by atoms with Gasteiger partial charge >= 0.3 is 0 Å². The Kier molecular flexibility index (Phi) is 7.02. The summed E-state index contributed by atoms with van der Waals surface area (Å²) >= 11 is 0. The fraction of sp³-hybridized carbons (Fsp3) is 0.593. The van der Waals surface area contributed by atoms with Crippen molar-refractivity contribution < 1.29 is 9.47 Å². The molecule has 6 heteroatoms. The third kappa shape index (κ3) is 5.44. The van der Waals surface area contributed by atoms with Crippen LogP contribution < -0.4 is 14.5 Å². The number of rotatable bonds is 7. The van der Waals surface area contributed by atoms with Gasteiger partial charge in [-0.2, -0.15) is 0 Å². The highest BCUT2D eigenvalue weighted by Crippen LogP contribution is 2.34.